The molecule has 0 spiro atoms. The van der Waals surface area contributed by atoms with Crippen molar-refractivity contribution in [1.29, 1.82) is 0 Å². The summed E-state index contributed by atoms with van der Waals surface area (Å²) < 4.78 is 10.0. The van der Waals surface area contributed by atoms with E-state index in [-0.39, 0.29) is 18.1 Å². The monoisotopic (exact) mass is 265 g/mol. The van der Waals surface area contributed by atoms with E-state index in [1.54, 1.807) is 13.8 Å². The fraction of sp³-hybridized carbons (Fsp3) is 0.308. The van der Waals surface area contributed by atoms with Crippen molar-refractivity contribution in [3.05, 3.63) is 45.7 Å². The second-order valence-electron chi connectivity index (χ2n) is 3.51. The summed E-state index contributed by atoms with van der Waals surface area (Å²) >= 11 is 0. The first-order chi connectivity index (χ1) is 9.08. The van der Waals surface area contributed by atoms with E-state index in [2.05, 4.69) is 0 Å². The lowest BCUT2D eigenvalue weighted by Crippen LogP contribution is -2.10. The summed E-state index contributed by atoms with van der Waals surface area (Å²) in [6, 6.07) is 5.80. The number of hydrogen-bond donors (Lipinski definition) is 0. The Morgan fingerprint density at radius 2 is 1.79 bits per heavy atom. The van der Waals surface area contributed by atoms with Crippen LogP contribution in [0.15, 0.2) is 30.0 Å². The fourth-order valence-electron chi connectivity index (χ4n) is 1.36. The van der Waals surface area contributed by atoms with Gasteiger partial charge in [-0.3, -0.25) is 10.1 Å². The van der Waals surface area contributed by atoms with Crippen molar-refractivity contribution < 1.29 is 19.2 Å². The number of nitrogens with zero attached hydrogens (tertiary/aromatic N) is 1. The minimum absolute atomic E-state index is 0.00811. The van der Waals surface area contributed by atoms with E-state index in [4.69, 9.17) is 9.47 Å². The van der Waals surface area contributed by atoms with E-state index in [0.717, 1.165) is 0 Å². The molecule has 1 aromatic rings. The summed E-state index contributed by atoms with van der Waals surface area (Å²) in [4.78, 5) is 21.6. The molecular weight excluding hydrogens is 250 g/mol. The van der Waals surface area contributed by atoms with E-state index in [0.29, 0.717) is 12.2 Å². The SMILES string of the molecule is CCOC(=O)C(=Cc1ccc([N+](=O)[O-])cc1)OCC. The zero-order valence-electron chi connectivity index (χ0n) is 10.8. The van der Waals surface area contributed by atoms with Gasteiger partial charge in [-0.15, -0.1) is 0 Å². The van der Waals surface area contributed by atoms with E-state index in [9.17, 15) is 14.9 Å². The van der Waals surface area contributed by atoms with Gasteiger partial charge in [0.25, 0.3) is 5.69 Å². The van der Waals surface area contributed by atoms with Crippen LogP contribution in [-0.2, 0) is 14.3 Å². The molecule has 0 aliphatic heterocycles. The molecule has 0 N–H and O–H groups in total. The van der Waals surface area contributed by atoms with E-state index >= 15 is 0 Å². The van der Waals surface area contributed by atoms with Crippen molar-refractivity contribution >= 4 is 17.7 Å². The molecule has 6 heteroatoms. The summed E-state index contributed by atoms with van der Waals surface area (Å²) in [5, 5.41) is 10.5. The van der Waals surface area contributed by atoms with Gasteiger partial charge in [0, 0.05) is 12.1 Å². The molecular formula is C13H15NO5. The van der Waals surface area contributed by atoms with Gasteiger partial charge in [0.15, 0.2) is 0 Å². The highest BCUT2D eigenvalue weighted by Crippen LogP contribution is 2.15. The van der Waals surface area contributed by atoms with Gasteiger partial charge in [-0.25, -0.2) is 4.79 Å². The number of nitro benzene ring substituents is 1. The molecule has 0 fully saturated rings. The van der Waals surface area contributed by atoms with Crippen LogP contribution in [0.2, 0.25) is 0 Å². The summed E-state index contributed by atoms with van der Waals surface area (Å²) in [5.41, 5.74) is 0.619. The van der Waals surface area contributed by atoms with E-state index < -0.39 is 10.9 Å². The first-order valence-corrected chi connectivity index (χ1v) is 5.84. The Morgan fingerprint density at radius 1 is 1.21 bits per heavy atom. The van der Waals surface area contributed by atoms with Crippen LogP contribution in [-0.4, -0.2) is 24.1 Å². The molecule has 0 aromatic heterocycles. The largest absolute Gasteiger partial charge is 0.487 e. The zero-order valence-corrected chi connectivity index (χ0v) is 10.8. The maximum Gasteiger partial charge on any atom is 0.373 e. The average Bonchev–Trinajstić information content (AvgIpc) is 2.39. The first-order valence-electron chi connectivity index (χ1n) is 5.84. The summed E-state index contributed by atoms with van der Waals surface area (Å²) in [7, 11) is 0. The standard InChI is InChI=1S/C13H15NO5/c1-3-18-12(13(15)19-4-2)9-10-5-7-11(8-6-10)14(16)17/h5-9H,3-4H2,1-2H3. The maximum atomic E-state index is 11.6. The van der Waals surface area contributed by atoms with Crippen molar-refractivity contribution in [2.75, 3.05) is 13.2 Å². The highest BCUT2D eigenvalue weighted by molar-refractivity contribution is 5.91. The predicted octanol–water partition coefficient (Wildman–Crippen LogP) is 2.54. The quantitative estimate of drug-likeness (QED) is 0.259. The summed E-state index contributed by atoms with van der Waals surface area (Å²) in [5.74, 6) is -0.471. The number of hydrogen-bond acceptors (Lipinski definition) is 5. The van der Waals surface area contributed by atoms with Crippen LogP contribution in [0, 0.1) is 10.1 Å². The number of nitro groups is 1. The zero-order chi connectivity index (χ0) is 14.3. The summed E-state index contributed by atoms with van der Waals surface area (Å²) in [6.07, 6.45) is 1.49. The van der Waals surface area contributed by atoms with E-state index in [1.807, 2.05) is 0 Å². The Morgan fingerprint density at radius 3 is 2.26 bits per heavy atom. The Bertz CT molecular complexity index is 478. The molecule has 0 radical (unpaired) electrons. The molecule has 0 heterocycles. The Labute approximate surface area is 110 Å². The van der Waals surface area contributed by atoms with Crippen LogP contribution >= 0.6 is 0 Å². The number of benzene rings is 1. The topological polar surface area (TPSA) is 78.7 Å². The molecule has 6 nitrogen and oxygen atoms in total. The Balaban J connectivity index is 2.94. The third-order valence-corrected chi connectivity index (χ3v) is 2.18. The molecule has 1 aromatic carbocycles. The van der Waals surface area contributed by atoms with Gasteiger partial charge in [-0.2, -0.15) is 0 Å². The molecule has 1 rings (SSSR count). The van der Waals surface area contributed by atoms with Gasteiger partial charge >= 0.3 is 5.97 Å². The van der Waals surface area contributed by atoms with Crippen LogP contribution in [0.1, 0.15) is 19.4 Å². The van der Waals surface area contributed by atoms with Gasteiger partial charge in [0.05, 0.1) is 18.1 Å². The van der Waals surface area contributed by atoms with Crippen LogP contribution in [0.5, 0.6) is 0 Å². The minimum atomic E-state index is -0.553. The summed E-state index contributed by atoms with van der Waals surface area (Å²) in [6.45, 7) is 4.04. The average molecular weight is 265 g/mol. The normalized spacial score (nSPS) is 10.9. The van der Waals surface area contributed by atoms with Gasteiger partial charge in [-0.05, 0) is 37.6 Å². The minimum Gasteiger partial charge on any atom is -0.487 e. The van der Waals surface area contributed by atoms with Crippen molar-refractivity contribution in [1.82, 2.24) is 0 Å². The van der Waals surface area contributed by atoms with Gasteiger partial charge in [-0.1, -0.05) is 0 Å². The van der Waals surface area contributed by atoms with Crippen LogP contribution in [0.4, 0.5) is 5.69 Å². The maximum absolute atomic E-state index is 11.6. The van der Waals surface area contributed by atoms with Gasteiger partial charge in [0.2, 0.25) is 5.76 Å². The number of rotatable bonds is 6. The fourth-order valence-corrected chi connectivity index (χ4v) is 1.36. The highest BCUT2D eigenvalue weighted by atomic mass is 16.6. The molecule has 0 aliphatic rings. The third-order valence-electron chi connectivity index (χ3n) is 2.18. The molecule has 0 saturated carbocycles. The van der Waals surface area contributed by atoms with Crippen molar-refractivity contribution in [3.63, 3.8) is 0 Å². The van der Waals surface area contributed by atoms with Crippen LogP contribution in [0.3, 0.4) is 0 Å². The van der Waals surface area contributed by atoms with Crippen molar-refractivity contribution in [3.8, 4) is 0 Å². The smallest absolute Gasteiger partial charge is 0.373 e. The van der Waals surface area contributed by atoms with Crippen molar-refractivity contribution in [2.24, 2.45) is 0 Å². The van der Waals surface area contributed by atoms with Crippen molar-refractivity contribution in [2.45, 2.75) is 13.8 Å². The Kier molecular flexibility index (Phi) is 5.53. The molecule has 102 valence electrons. The highest BCUT2D eigenvalue weighted by Gasteiger charge is 2.12. The molecule has 0 amide bonds. The molecule has 0 aliphatic carbocycles. The number of carbonyl (C=O) groups excluding carboxylic acids is 1. The van der Waals surface area contributed by atoms with E-state index in [1.165, 1.54) is 30.3 Å². The molecule has 19 heavy (non-hydrogen) atoms. The molecule has 0 saturated heterocycles. The lowest BCUT2D eigenvalue weighted by molar-refractivity contribution is -0.384. The Hall–Kier alpha value is -2.37. The second kappa shape index (κ2) is 7.15. The first kappa shape index (κ1) is 14.7. The van der Waals surface area contributed by atoms with Gasteiger partial charge in [0.1, 0.15) is 0 Å². The number of non-ortho nitro benzene ring substituents is 1. The predicted molar refractivity (Wildman–Crippen MR) is 69.3 cm³/mol. The van der Waals surface area contributed by atoms with Crippen LogP contribution < -0.4 is 0 Å². The third kappa shape index (κ3) is 4.42. The number of carbonyl (C=O) groups is 1. The molecule has 0 bridgehead atoms. The molecule has 0 unspecified atom stereocenters. The molecule has 0 atom stereocenters. The number of ether oxygens (including phenoxy) is 2. The number of esters is 1. The lowest BCUT2D eigenvalue weighted by atomic mass is 10.2. The second-order valence-corrected chi connectivity index (χ2v) is 3.51. The van der Waals surface area contributed by atoms with Crippen LogP contribution in [0.25, 0.3) is 6.08 Å². The lowest BCUT2D eigenvalue weighted by Gasteiger charge is -2.07. The van der Waals surface area contributed by atoms with Gasteiger partial charge < -0.3 is 9.47 Å².